The van der Waals surface area contributed by atoms with Gasteiger partial charge in [-0.3, -0.25) is 0 Å². The molecule has 1 aromatic rings. The van der Waals surface area contributed by atoms with Crippen molar-refractivity contribution in [3.05, 3.63) is 12.0 Å². The summed E-state index contributed by atoms with van der Waals surface area (Å²) in [6.45, 7) is 1.74. The normalized spacial score (nSPS) is 25.3. The minimum Gasteiger partial charge on any atom is -0.391 e. The third-order valence-corrected chi connectivity index (χ3v) is 4.76. The zero-order valence-corrected chi connectivity index (χ0v) is 11.4. The summed E-state index contributed by atoms with van der Waals surface area (Å²) in [5.74, 6) is 0.638. The van der Waals surface area contributed by atoms with Gasteiger partial charge in [0, 0.05) is 19.3 Å². The van der Waals surface area contributed by atoms with Crippen LogP contribution in [-0.2, 0) is 17.1 Å². The van der Waals surface area contributed by atoms with Crippen molar-refractivity contribution in [2.24, 2.45) is 7.05 Å². The Bertz CT molecular complexity index is 504. The van der Waals surface area contributed by atoms with Crippen molar-refractivity contribution in [2.75, 3.05) is 0 Å². The van der Waals surface area contributed by atoms with Crippen LogP contribution in [0.15, 0.2) is 11.2 Å². The predicted octanol–water partition coefficient (Wildman–Crippen LogP) is 0.310. The average Bonchev–Trinajstić information content (AvgIpc) is 2.63. The summed E-state index contributed by atoms with van der Waals surface area (Å²) < 4.78 is 28.4. The maximum Gasteiger partial charge on any atom is 0.259 e. The summed E-state index contributed by atoms with van der Waals surface area (Å²) >= 11 is 0. The van der Waals surface area contributed by atoms with Crippen LogP contribution in [0.5, 0.6) is 0 Å². The third-order valence-electron chi connectivity index (χ3n) is 3.40. The van der Waals surface area contributed by atoms with Crippen molar-refractivity contribution >= 4 is 10.0 Å². The summed E-state index contributed by atoms with van der Waals surface area (Å²) in [5, 5.41) is 9.80. The molecule has 2 rings (SSSR count). The number of rotatable bonds is 3. The molecule has 1 aromatic heterocycles. The molecule has 0 bridgehead atoms. The number of nitrogens with one attached hydrogen (secondary N) is 1. The molecule has 102 valence electrons. The lowest BCUT2D eigenvalue weighted by Gasteiger charge is -2.27. The Hall–Kier alpha value is -0.920. The molecule has 1 aliphatic rings. The summed E-state index contributed by atoms with van der Waals surface area (Å²) in [4.78, 5) is 4.00. The second-order valence-electron chi connectivity index (χ2n) is 4.82. The zero-order chi connectivity index (χ0) is 13.3. The minimum absolute atomic E-state index is 0.0141. The molecule has 2 unspecified atom stereocenters. The van der Waals surface area contributed by atoms with E-state index in [1.165, 1.54) is 6.20 Å². The molecule has 0 aromatic carbocycles. The van der Waals surface area contributed by atoms with Gasteiger partial charge in [0.1, 0.15) is 5.82 Å². The molecule has 0 saturated heterocycles. The van der Waals surface area contributed by atoms with E-state index in [1.54, 1.807) is 18.5 Å². The van der Waals surface area contributed by atoms with E-state index in [4.69, 9.17) is 0 Å². The highest BCUT2D eigenvalue weighted by atomic mass is 32.2. The fraction of sp³-hybridized carbons (Fsp3) is 0.727. The first-order valence-electron chi connectivity index (χ1n) is 6.10. The molecule has 1 heterocycles. The van der Waals surface area contributed by atoms with Crippen LogP contribution in [-0.4, -0.2) is 35.2 Å². The van der Waals surface area contributed by atoms with Crippen molar-refractivity contribution in [3.63, 3.8) is 0 Å². The van der Waals surface area contributed by atoms with Gasteiger partial charge in [0.15, 0.2) is 5.03 Å². The van der Waals surface area contributed by atoms with Gasteiger partial charge in [-0.15, -0.1) is 0 Å². The summed E-state index contributed by atoms with van der Waals surface area (Å²) in [6.07, 6.45) is 4.08. The van der Waals surface area contributed by atoms with E-state index in [-0.39, 0.29) is 5.03 Å². The van der Waals surface area contributed by atoms with Gasteiger partial charge in [0.25, 0.3) is 10.0 Å². The quantitative estimate of drug-likeness (QED) is 0.830. The Balaban J connectivity index is 2.16. The molecule has 2 atom stereocenters. The van der Waals surface area contributed by atoms with Crippen LogP contribution in [0.2, 0.25) is 0 Å². The number of imidazole rings is 1. The number of aliphatic hydroxyl groups excluding tert-OH is 1. The molecule has 0 amide bonds. The van der Waals surface area contributed by atoms with E-state index in [0.717, 1.165) is 12.8 Å². The molecule has 6 nitrogen and oxygen atoms in total. The van der Waals surface area contributed by atoms with E-state index in [2.05, 4.69) is 9.71 Å². The van der Waals surface area contributed by atoms with Crippen molar-refractivity contribution in [1.82, 2.24) is 14.3 Å². The molecular formula is C11H19N3O3S. The maximum atomic E-state index is 12.1. The summed E-state index contributed by atoms with van der Waals surface area (Å²) in [7, 11) is -1.89. The van der Waals surface area contributed by atoms with E-state index >= 15 is 0 Å². The molecule has 0 radical (unpaired) electrons. The van der Waals surface area contributed by atoms with E-state index in [0.29, 0.717) is 18.7 Å². The van der Waals surface area contributed by atoms with Crippen LogP contribution in [0.3, 0.4) is 0 Å². The number of hydrogen-bond donors (Lipinski definition) is 2. The smallest absolute Gasteiger partial charge is 0.259 e. The first kappa shape index (κ1) is 13.5. The Morgan fingerprint density at radius 3 is 2.67 bits per heavy atom. The molecule has 2 N–H and O–H groups in total. The lowest BCUT2D eigenvalue weighted by Crippen LogP contribution is -2.45. The highest BCUT2D eigenvalue weighted by molar-refractivity contribution is 7.89. The first-order chi connectivity index (χ1) is 8.40. The van der Waals surface area contributed by atoms with Crippen molar-refractivity contribution in [2.45, 2.75) is 49.8 Å². The number of aryl methyl sites for hydroxylation is 2. The van der Waals surface area contributed by atoms with E-state index in [9.17, 15) is 13.5 Å². The summed E-state index contributed by atoms with van der Waals surface area (Å²) in [5.41, 5.74) is 0. The Kier molecular flexibility index (Phi) is 3.74. The molecule has 18 heavy (non-hydrogen) atoms. The van der Waals surface area contributed by atoms with Crippen molar-refractivity contribution < 1.29 is 13.5 Å². The molecular weight excluding hydrogens is 254 g/mol. The SMILES string of the molecule is Cc1nc(S(=O)(=O)NC2CCCCC2O)cn1C. The topological polar surface area (TPSA) is 84.2 Å². The highest BCUT2D eigenvalue weighted by Crippen LogP contribution is 2.20. The lowest BCUT2D eigenvalue weighted by molar-refractivity contribution is 0.101. The second kappa shape index (κ2) is 4.99. The maximum absolute atomic E-state index is 12.1. The number of nitrogens with zero attached hydrogens (tertiary/aromatic N) is 2. The van der Waals surface area contributed by atoms with Crippen LogP contribution in [0.25, 0.3) is 0 Å². The second-order valence-corrected chi connectivity index (χ2v) is 6.48. The zero-order valence-electron chi connectivity index (χ0n) is 10.6. The van der Waals surface area contributed by atoms with Gasteiger partial charge in [0.05, 0.1) is 6.10 Å². The Morgan fingerprint density at radius 2 is 2.11 bits per heavy atom. The van der Waals surface area contributed by atoms with Crippen LogP contribution < -0.4 is 4.72 Å². The number of sulfonamides is 1. The Morgan fingerprint density at radius 1 is 1.44 bits per heavy atom. The molecule has 1 fully saturated rings. The van der Waals surface area contributed by atoms with Crippen LogP contribution >= 0.6 is 0 Å². The van der Waals surface area contributed by atoms with Gasteiger partial charge >= 0.3 is 0 Å². The number of aliphatic hydroxyl groups is 1. The molecule has 0 spiro atoms. The largest absolute Gasteiger partial charge is 0.391 e. The standard InChI is InChI=1S/C11H19N3O3S/c1-8-12-11(7-14(8)2)18(16,17)13-9-5-3-4-6-10(9)15/h7,9-10,13,15H,3-6H2,1-2H3. The predicted molar refractivity (Wildman–Crippen MR) is 66.5 cm³/mol. The van der Waals surface area contributed by atoms with Gasteiger partial charge in [-0.1, -0.05) is 12.8 Å². The minimum atomic E-state index is -3.64. The highest BCUT2D eigenvalue weighted by Gasteiger charge is 2.29. The summed E-state index contributed by atoms with van der Waals surface area (Å²) in [6, 6.07) is -0.397. The van der Waals surface area contributed by atoms with Crippen molar-refractivity contribution in [1.29, 1.82) is 0 Å². The monoisotopic (exact) mass is 273 g/mol. The molecule has 1 saturated carbocycles. The fourth-order valence-corrected chi connectivity index (χ4v) is 3.51. The average molecular weight is 273 g/mol. The van der Waals surface area contributed by atoms with Crippen LogP contribution in [0.4, 0.5) is 0 Å². The Labute approximate surface area is 107 Å². The number of aromatic nitrogens is 2. The van der Waals surface area contributed by atoms with Crippen molar-refractivity contribution in [3.8, 4) is 0 Å². The number of hydrogen-bond acceptors (Lipinski definition) is 4. The van der Waals surface area contributed by atoms with Crippen LogP contribution in [0.1, 0.15) is 31.5 Å². The fourth-order valence-electron chi connectivity index (χ4n) is 2.16. The molecule has 0 aliphatic heterocycles. The van der Waals surface area contributed by atoms with E-state index in [1.807, 2.05) is 0 Å². The third kappa shape index (κ3) is 2.73. The van der Waals surface area contributed by atoms with Gasteiger partial charge < -0.3 is 9.67 Å². The van der Waals surface area contributed by atoms with Gasteiger partial charge in [-0.25, -0.2) is 18.1 Å². The first-order valence-corrected chi connectivity index (χ1v) is 7.59. The lowest BCUT2D eigenvalue weighted by atomic mass is 9.93. The molecule has 7 heteroatoms. The van der Waals surface area contributed by atoms with E-state index < -0.39 is 22.2 Å². The molecule has 1 aliphatic carbocycles. The van der Waals surface area contributed by atoms with Crippen LogP contribution in [0, 0.1) is 6.92 Å². The van der Waals surface area contributed by atoms with Gasteiger partial charge in [-0.2, -0.15) is 0 Å². The van der Waals surface area contributed by atoms with Gasteiger partial charge in [0.2, 0.25) is 0 Å². The van der Waals surface area contributed by atoms with Gasteiger partial charge in [-0.05, 0) is 19.8 Å².